The third kappa shape index (κ3) is 3.35. The van der Waals surface area contributed by atoms with E-state index in [2.05, 4.69) is 6.92 Å². The molecule has 1 heterocycles. The first-order valence-electron chi connectivity index (χ1n) is 4.93. The van der Waals surface area contributed by atoms with Crippen LogP contribution in [0.25, 0.3) is 0 Å². The lowest BCUT2D eigenvalue weighted by Gasteiger charge is -2.37. The lowest BCUT2D eigenvalue weighted by Crippen LogP contribution is -2.38. The number of hydrogen-bond acceptors (Lipinski definition) is 4. The van der Waals surface area contributed by atoms with Crippen molar-refractivity contribution >= 4 is 8.25 Å². The molecule has 0 saturated carbocycles. The summed E-state index contributed by atoms with van der Waals surface area (Å²) in [5.74, 6) is -0.681. The quantitative estimate of drug-likeness (QED) is 0.671. The maximum Gasteiger partial charge on any atom is 0.324 e. The van der Waals surface area contributed by atoms with Crippen LogP contribution in [0, 0.1) is 0 Å². The average molecular weight is 222 g/mol. The van der Waals surface area contributed by atoms with Crippen LogP contribution in [0.2, 0.25) is 0 Å². The molecule has 1 fully saturated rings. The minimum Gasteiger partial charge on any atom is -0.375 e. The highest BCUT2D eigenvalue weighted by molar-refractivity contribution is 7.34. The smallest absolute Gasteiger partial charge is 0.324 e. The Bertz CT molecular complexity index is 219. The minimum atomic E-state index is -2.18. The third-order valence-corrected chi connectivity index (χ3v) is 3.70. The van der Waals surface area contributed by atoms with Crippen molar-refractivity contribution in [1.29, 1.82) is 0 Å². The van der Waals surface area contributed by atoms with Crippen molar-refractivity contribution in [3.63, 3.8) is 0 Å². The van der Waals surface area contributed by atoms with Crippen LogP contribution in [0.3, 0.4) is 0 Å². The molecule has 84 valence electrons. The first kappa shape index (κ1) is 12.2. The molecule has 0 unspecified atom stereocenters. The zero-order chi connectivity index (χ0) is 10.8. The Labute approximate surface area is 85.9 Å². The van der Waals surface area contributed by atoms with E-state index < -0.39 is 14.0 Å². The largest absolute Gasteiger partial charge is 0.375 e. The molecule has 0 radical (unpaired) electrons. The fourth-order valence-electron chi connectivity index (χ4n) is 1.08. The Morgan fingerprint density at radius 1 is 1.43 bits per heavy atom. The molecular formula is C9H19O4P. The highest BCUT2D eigenvalue weighted by Crippen LogP contribution is 2.49. The molecule has 1 rings (SSSR count). The molecule has 0 aromatic carbocycles. The summed E-state index contributed by atoms with van der Waals surface area (Å²) < 4.78 is 26.3. The molecule has 0 amide bonds. The van der Waals surface area contributed by atoms with Crippen LogP contribution in [0.15, 0.2) is 0 Å². The van der Waals surface area contributed by atoms with Crippen LogP contribution in [-0.4, -0.2) is 18.0 Å². The van der Waals surface area contributed by atoms with Gasteiger partial charge in [0.2, 0.25) is 0 Å². The molecule has 1 saturated heterocycles. The SMILES string of the molecule is CCC(C)(C)OCCC1(C)O[PH](=O)O1. The van der Waals surface area contributed by atoms with Gasteiger partial charge in [0.25, 0.3) is 0 Å². The Hall–Kier alpha value is 0.110. The van der Waals surface area contributed by atoms with Crippen LogP contribution >= 0.6 is 8.25 Å². The molecular weight excluding hydrogens is 203 g/mol. The van der Waals surface area contributed by atoms with Crippen LogP contribution in [0.4, 0.5) is 0 Å². The molecule has 0 spiro atoms. The normalized spacial score (nSPS) is 32.7. The van der Waals surface area contributed by atoms with Crippen LogP contribution in [0.5, 0.6) is 0 Å². The Kier molecular flexibility index (Phi) is 3.75. The second kappa shape index (κ2) is 4.31. The Morgan fingerprint density at radius 3 is 2.43 bits per heavy atom. The molecule has 0 N–H and O–H groups in total. The standard InChI is InChI=1S/C9H19O4P/c1-5-8(2,3)11-7-6-9(4)12-14(10)13-9/h14H,5-7H2,1-4H3. The Morgan fingerprint density at radius 2 is 2.00 bits per heavy atom. The summed E-state index contributed by atoms with van der Waals surface area (Å²) in [5.41, 5.74) is -0.106. The van der Waals surface area contributed by atoms with Gasteiger partial charge in [-0.2, -0.15) is 0 Å². The van der Waals surface area contributed by atoms with Gasteiger partial charge < -0.3 is 4.74 Å². The molecule has 0 aliphatic carbocycles. The van der Waals surface area contributed by atoms with E-state index in [0.717, 1.165) is 6.42 Å². The molecule has 0 atom stereocenters. The highest BCUT2D eigenvalue weighted by Gasteiger charge is 2.40. The summed E-state index contributed by atoms with van der Waals surface area (Å²) in [4.78, 5) is 0. The first-order valence-corrected chi connectivity index (χ1v) is 6.15. The molecule has 1 aliphatic heterocycles. The van der Waals surface area contributed by atoms with Crippen molar-refractivity contribution in [1.82, 2.24) is 0 Å². The fourth-order valence-corrected chi connectivity index (χ4v) is 2.00. The van der Waals surface area contributed by atoms with Gasteiger partial charge >= 0.3 is 8.25 Å². The molecule has 0 aromatic heterocycles. The van der Waals surface area contributed by atoms with Crippen molar-refractivity contribution in [2.75, 3.05) is 6.61 Å². The summed E-state index contributed by atoms with van der Waals surface area (Å²) >= 11 is 0. The van der Waals surface area contributed by atoms with E-state index in [4.69, 9.17) is 13.8 Å². The van der Waals surface area contributed by atoms with Gasteiger partial charge in [-0.1, -0.05) is 6.92 Å². The lowest BCUT2D eigenvalue weighted by atomic mass is 10.1. The molecule has 5 heteroatoms. The molecule has 14 heavy (non-hydrogen) atoms. The van der Waals surface area contributed by atoms with Gasteiger partial charge in [-0.15, -0.1) is 0 Å². The van der Waals surface area contributed by atoms with Gasteiger partial charge in [0, 0.05) is 6.42 Å². The second-order valence-electron chi connectivity index (χ2n) is 4.30. The van der Waals surface area contributed by atoms with Gasteiger partial charge in [-0.25, -0.2) is 0 Å². The van der Waals surface area contributed by atoms with Gasteiger partial charge in [0.15, 0.2) is 5.79 Å². The molecule has 1 aliphatic rings. The predicted octanol–water partition coefficient (Wildman–Crippen LogP) is 2.73. The van der Waals surface area contributed by atoms with Crippen LogP contribution in [0.1, 0.15) is 40.5 Å². The third-order valence-electron chi connectivity index (χ3n) is 2.50. The van der Waals surface area contributed by atoms with Crippen molar-refractivity contribution in [3.05, 3.63) is 0 Å². The highest BCUT2D eigenvalue weighted by atomic mass is 31.1. The topological polar surface area (TPSA) is 44.8 Å². The second-order valence-corrected chi connectivity index (χ2v) is 5.21. The van der Waals surface area contributed by atoms with Crippen LogP contribution < -0.4 is 0 Å². The number of rotatable bonds is 5. The van der Waals surface area contributed by atoms with Gasteiger partial charge in [0.05, 0.1) is 12.2 Å². The summed E-state index contributed by atoms with van der Waals surface area (Å²) in [6.07, 6.45) is 1.58. The zero-order valence-corrected chi connectivity index (χ0v) is 10.3. The van der Waals surface area contributed by atoms with Gasteiger partial charge in [-0.3, -0.25) is 13.6 Å². The molecule has 0 aromatic rings. The number of ether oxygens (including phenoxy) is 1. The summed E-state index contributed by atoms with van der Waals surface area (Å²) in [7, 11) is -2.18. The van der Waals surface area contributed by atoms with E-state index in [1.807, 2.05) is 13.8 Å². The van der Waals surface area contributed by atoms with Crippen molar-refractivity contribution < 1.29 is 18.3 Å². The maximum absolute atomic E-state index is 10.6. The van der Waals surface area contributed by atoms with Gasteiger partial charge in [0.1, 0.15) is 0 Å². The van der Waals surface area contributed by atoms with Crippen molar-refractivity contribution in [3.8, 4) is 0 Å². The van der Waals surface area contributed by atoms with E-state index in [9.17, 15) is 4.57 Å². The number of hydrogen-bond donors (Lipinski definition) is 0. The monoisotopic (exact) mass is 222 g/mol. The van der Waals surface area contributed by atoms with Crippen molar-refractivity contribution in [2.45, 2.75) is 51.9 Å². The van der Waals surface area contributed by atoms with E-state index in [1.165, 1.54) is 0 Å². The van der Waals surface area contributed by atoms with E-state index in [0.29, 0.717) is 13.0 Å². The van der Waals surface area contributed by atoms with Crippen LogP contribution in [-0.2, 0) is 18.3 Å². The minimum absolute atomic E-state index is 0.106. The van der Waals surface area contributed by atoms with Gasteiger partial charge in [-0.05, 0) is 27.2 Å². The van der Waals surface area contributed by atoms with E-state index in [1.54, 1.807) is 6.92 Å². The maximum atomic E-state index is 10.6. The summed E-state index contributed by atoms with van der Waals surface area (Å²) in [6.45, 7) is 8.51. The average Bonchev–Trinajstić information content (AvgIpc) is 2.01. The van der Waals surface area contributed by atoms with E-state index in [-0.39, 0.29) is 5.60 Å². The lowest BCUT2D eigenvalue weighted by molar-refractivity contribution is -0.189. The first-order chi connectivity index (χ1) is 6.37. The predicted molar refractivity (Wildman–Crippen MR) is 54.5 cm³/mol. The Balaban J connectivity index is 2.19. The van der Waals surface area contributed by atoms with Crippen molar-refractivity contribution in [2.24, 2.45) is 0 Å². The fraction of sp³-hybridized carbons (Fsp3) is 1.00. The molecule has 4 nitrogen and oxygen atoms in total. The summed E-state index contributed by atoms with van der Waals surface area (Å²) in [5, 5.41) is 0. The zero-order valence-electron chi connectivity index (χ0n) is 9.25. The summed E-state index contributed by atoms with van der Waals surface area (Å²) in [6, 6.07) is 0. The van der Waals surface area contributed by atoms with E-state index >= 15 is 0 Å². The molecule has 0 bridgehead atoms.